The zero-order chi connectivity index (χ0) is 14.5. The van der Waals surface area contributed by atoms with E-state index in [0.29, 0.717) is 13.0 Å². The van der Waals surface area contributed by atoms with Crippen LogP contribution in [0.2, 0.25) is 0 Å². The number of hydrogen-bond donors (Lipinski definition) is 1. The Morgan fingerprint density at radius 2 is 1.90 bits per heavy atom. The Labute approximate surface area is 123 Å². The summed E-state index contributed by atoms with van der Waals surface area (Å²) in [7, 11) is 0. The van der Waals surface area contributed by atoms with E-state index in [4.69, 9.17) is 0 Å². The molecular weight excluding hydrogens is 262 g/mol. The van der Waals surface area contributed by atoms with Crippen LogP contribution in [-0.4, -0.2) is 15.5 Å². The minimum absolute atomic E-state index is 0.0640. The van der Waals surface area contributed by atoms with E-state index < -0.39 is 0 Å². The topological polar surface area (TPSA) is 46.4 Å². The van der Waals surface area contributed by atoms with Gasteiger partial charge in [-0.2, -0.15) is 5.10 Å². The maximum atomic E-state index is 11.9. The van der Waals surface area contributed by atoms with Gasteiger partial charge >= 0.3 is 0 Å². The van der Waals surface area contributed by atoms with Crippen molar-refractivity contribution >= 4 is 11.4 Å². The van der Waals surface area contributed by atoms with Crippen molar-refractivity contribution in [3.8, 4) is 0 Å². The highest BCUT2D eigenvalue weighted by Gasteiger charge is 2.06. The van der Waals surface area contributed by atoms with E-state index in [9.17, 15) is 4.79 Å². The molecule has 0 aliphatic heterocycles. The minimum atomic E-state index is 0.0640. The van der Waals surface area contributed by atoms with E-state index in [-0.39, 0.29) is 5.91 Å². The van der Waals surface area contributed by atoms with Crippen LogP contribution in [0.25, 0.3) is 5.52 Å². The van der Waals surface area contributed by atoms with E-state index >= 15 is 0 Å². The molecule has 1 amide bonds. The van der Waals surface area contributed by atoms with Gasteiger partial charge in [-0.1, -0.05) is 36.4 Å². The summed E-state index contributed by atoms with van der Waals surface area (Å²) >= 11 is 0. The molecule has 0 aliphatic carbocycles. The number of hydrogen-bond acceptors (Lipinski definition) is 2. The Bertz CT molecular complexity index is 734. The third-order valence-electron chi connectivity index (χ3n) is 3.47. The first-order valence-electron chi connectivity index (χ1n) is 7.05. The zero-order valence-corrected chi connectivity index (χ0v) is 11.7. The highest BCUT2D eigenvalue weighted by Crippen LogP contribution is 2.09. The molecule has 4 nitrogen and oxygen atoms in total. The average Bonchev–Trinajstić information content (AvgIpc) is 2.95. The van der Waals surface area contributed by atoms with Crippen LogP contribution in [0.5, 0.6) is 0 Å². The van der Waals surface area contributed by atoms with Crippen molar-refractivity contribution in [1.29, 1.82) is 0 Å². The van der Waals surface area contributed by atoms with Gasteiger partial charge in [-0.3, -0.25) is 4.79 Å². The molecule has 21 heavy (non-hydrogen) atoms. The molecule has 0 saturated carbocycles. The molecule has 0 saturated heterocycles. The summed E-state index contributed by atoms with van der Waals surface area (Å²) in [5.41, 5.74) is 3.24. The normalized spacial score (nSPS) is 10.7. The lowest BCUT2D eigenvalue weighted by molar-refractivity contribution is -0.121. The number of carbonyl (C=O) groups is 1. The van der Waals surface area contributed by atoms with Crippen molar-refractivity contribution in [1.82, 2.24) is 14.9 Å². The van der Waals surface area contributed by atoms with Crippen molar-refractivity contribution in [2.24, 2.45) is 0 Å². The Kier molecular flexibility index (Phi) is 3.96. The Morgan fingerprint density at radius 3 is 2.76 bits per heavy atom. The summed E-state index contributed by atoms with van der Waals surface area (Å²) in [6.07, 6.45) is 4.97. The minimum Gasteiger partial charge on any atom is -0.352 e. The molecule has 1 N–H and O–H groups in total. The van der Waals surface area contributed by atoms with Gasteiger partial charge in [-0.05, 0) is 24.1 Å². The van der Waals surface area contributed by atoms with Crippen LogP contribution in [0, 0.1) is 0 Å². The molecule has 106 valence electrons. The van der Waals surface area contributed by atoms with Gasteiger partial charge in [0.2, 0.25) is 5.91 Å². The number of carbonyl (C=O) groups excluding carboxylic acids is 1. The number of aromatic nitrogens is 2. The van der Waals surface area contributed by atoms with E-state index in [0.717, 1.165) is 17.5 Å². The number of fused-ring (bicyclic) bond motifs is 1. The number of pyridine rings is 1. The van der Waals surface area contributed by atoms with E-state index in [1.807, 2.05) is 59.2 Å². The number of aryl methyl sites for hydroxylation is 1. The molecule has 0 radical (unpaired) electrons. The van der Waals surface area contributed by atoms with Gasteiger partial charge in [0, 0.05) is 24.7 Å². The molecule has 0 unspecified atom stereocenters. The maximum Gasteiger partial charge on any atom is 0.220 e. The maximum absolute atomic E-state index is 11.9. The molecule has 0 bridgehead atoms. The van der Waals surface area contributed by atoms with Crippen LogP contribution >= 0.6 is 0 Å². The average molecular weight is 279 g/mol. The van der Waals surface area contributed by atoms with Crippen LogP contribution in [0.4, 0.5) is 0 Å². The Balaban J connectivity index is 1.54. The second-order valence-electron chi connectivity index (χ2n) is 4.96. The summed E-state index contributed by atoms with van der Waals surface area (Å²) in [4.78, 5) is 11.9. The summed E-state index contributed by atoms with van der Waals surface area (Å²) < 4.78 is 1.81. The summed E-state index contributed by atoms with van der Waals surface area (Å²) in [6.45, 7) is 0.515. The predicted octanol–water partition coefficient (Wildman–Crippen LogP) is 2.58. The molecule has 2 heterocycles. The fourth-order valence-electron chi connectivity index (χ4n) is 2.31. The first-order valence-corrected chi connectivity index (χ1v) is 7.05. The second-order valence-corrected chi connectivity index (χ2v) is 4.96. The van der Waals surface area contributed by atoms with Gasteiger partial charge in [-0.15, -0.1) is 0 Å². The van der Waals surface area contributed by atoms with Crippen molar-refractivity contribution in [3.05, 3.63) is 72.1 Å². The van der Waals surface area contributed by atoms with Crippen molar-refractivity contribution in [3.63, 3.8) is 0 Å². The molecule has 2 aromatic heterocycles. The monoisotopic (exact) mass is 279 g/mol. The fraction of sp³-hybridized carbons (Fsp3) is 0.176. The van der Waals surface area contributed by atoms with Crippen LogP contribution in [0.15, 0.2) is 60.9 Å². The molecule has 0 aliphatic rings. The molecule has 0 fully saturated rings. The number of nitrogens with one attached hydrogen (secondary N) is 1. The zero-order valence-electron chi connectivity index (χ0n) is 11.7. The molecular formula is C17H17N3O. The van der Waals surface area contributed by atoms with Crippen LogP contribution in [-0.2, 0) is 17.8 Å². The third-order valence-corrected chi connectivity index (χ3v) is 3.47. The third kappa shape index (κ3) is 3.28. The fourth-order valence-corrected chi connectivity index (χ4v) is 2.31. The van der Waals surface area contributed by atoms with E-state index in [1.165, 1.54) is 5.56 Å². The highest BCUT2D eigenvalue weighted by molar-refractivity contribution is 5.76. The highest BCUT2D eigenvalue weighted by atomic mass is 16.1. The SMILES string of the molecule is O=C(CCc1ccccc1)NCc1cnn2ccccc12. The molecule has 3 rings (SSSR count). The lowest BCUT2D eigenvalue weighted by atomic mass is 10.1. The standard InChI is InChI=1S/C17H17N3O/c21-17(10-9-14-6-2-1-3-7-14)18-12-15-13-19-20-11-5-4-8-16(15)20/h1-8,11,13H,9-10,12H2,(H,18,21). The van der Waals surface area contributed by atoms with Crippen LogP contribution in [0.3, 0.4) is 0 Å². The summed E-state index contributed by atoms with van der Waals surface area (Å²) in [5.74, 6) is 0.0640. The number of nitrogens with zero attached hydrogens (tertiary/aromatic N) is 2. The van der Waals surface area contributed by atoms with Gasteiger partial charge in [0.15, 0.2) is 0 Å². The smallest absolute Gasteiger partial charge is 0.220 e. The van der Waals surface area contributed by atoms with Gasteiger partial charge in [0.1, 0.15) is 0 Å². The van der Waals surface area contributed by atoms with Crippen molar-refractivity contribution in [2.75, 3.05) is 0 Å². The number of benzene rings is 1. The first kappa shape index (κ1) is 13.4. The molecule has 4 heteroatoms. The summed E-state index contributed by atoms with van der Waals surface area (Å²) in [5, 5.41) is 7.21. The van der Waals surface area contributed by atoms with E-state index in [2.05, 4.69) is 10.4 Å². The molecule has 0 atom stereocenters. The second kappa shape index (κ2) is 6.22. The van der Waals surface area contributed by atoms with Crippen LogP contribution in [0.1, 0.15) is 17.5 Å². The lowest BCUT2D eigenvalue weighted by Crippen LogP contribution is -2.22. The predicted molar refractivity (Wildman–Crippen MR) is 81.8 cm³/mol. The molecule has 3 aromatic rings. The first-order chi connectivity index (χ1) is 10.3. The Morgan fingerprint density at radius 1 is 1.10 bits per heavy atom. The number of amides is 1. The van der Waals surface area contributed by atoms with Crippen molar-refractivity contribution in [2.45, 2.75) is 19.4 Å². The van der Waals surface area contributed by atoms with Crippen LogP contribution < -0.4 is 5.32 Å². The van der Waals surface area contributed by atoms with Gasteiger partial charge in [-0.25, -0.2) is 4.52 Å². The van der Waals surface area contributed by atoms with Gasteiger partial charge in [0.05, 0.1) is 11.7 Å². The summed E-state index contributed by atoms with van der Waals surface area (Å²) in [6, 6.07) is 15.9. The van der Waals surface area contributed by atoms with Gasteiger partial charge in [0.25, 0.3) is 0 Å². The van der Waals surface area contributed by atoms with Crippen molar-refractivity contribution < 1.29 is 4.79 Å². The van der Waals surface area contributed by atoms with E-state index in [1.54, 1.807) is 6.20 Å². The quantitative estimate of drug-likeness (QED) is 0.780. The lowest BCUT2D eigenvalue weighted by Gasteiger charge is -2.04. The molecule has 1 aromatic carbocycles. The molecule has 0 spiro atoms. The number of rotatable bonds is 5. The van der Waals surface area contributed by atoms with Gasteiger partial charge < -0.3 is 5.32 Å². The Hall–Kier alpha value is -2.62. The largest absolute Gasteiger partial charge is 0.352 e.